The van der Waals surface area contributed by atoms with Crippen molar-refractivity contribution in [3.8, 4) is 11.5 Å². The van der Waals surface area contributed by atoms with Crippen LogP contribution in [0.4, 0.5) is 5.69 Å². The first-order chi connectivity index (χ1) is 18.5. The van der Waals surface area contributed by atoms with Crippen molar-refractivity contribution in [2.75, 3.05) is 45.3 Å². The summed E-state index contributed by atoms with van der Waals surface area (Å²) in [5, 5.41) is 1.18. The summed E-state index contributed by atoms with van der Waals surface area (Å²) in [5.41, 5.74) is 5.89. The number of hydrogen-bond donors (Lipinski definition) is 0. The highest BCUT2D eigenvalue weighted by molar-refractivity contribution is 5.87. The number of methoxy groups -OCH3 is 2. The molecule has 38 heavy (non-hydrogen) atoms. The fraction of sp³-hybridized carbons (Fsp3) is 0.344. The second-order valence-corrected chi connectivity index (χ2v) is 9.94. The molecule has 1 saturated heterocycles. The Labute approximate surface area is 225 Å². The molecule has 1 fully saturated rings. The minimum absolute atomic E-state index is 0.126. The van der Waals surface area contributed by atoms with Crippen molar-refractivity contribution in [1.82, 2.24) is 9.47 Å². The summed E-state index contributed by atoms with van der Waals surface area (Å²) >= 11 is 0. The average molecular weight is 512 g/mol. The number of piperazine rings is 1. The highest BCUT2D eigenvalue weighted by Crippen LogP contribution is 2.38. The van der Waals surface area contributed by atoms with Crippen LogP contribution in [-0.4, -0.2) is 55.8 Å². The number of fused-ring (bicyclic) bond motifs is 1. The van der Waals surface area contributed by atoms with Gasteiger partial charge in [-0.1, -0.05) is 36.4 Å². The van der Waals surface area contributed by atoms with E-state index in [-0.39, 0.29) is 11.8 Å². The Morgan fingerprint density at radius 1 is 0.895 bits per heavy atom. The summed E-state index contributed by atoms with van der Waals surface area (Å²) in [5.74, 6) is 1.50. The lowest BCUT2D eigenvalue weighted by Crippen LogP contribution is -2.49. The van der Waals surface area contributed by atoms with Gasteiger partial charge in [0.1, 0.15) is 11.5 Å². The largest absolute Gasteiger partial charge is 0.497 e. The van der Waals surface area contributed by atoms with Gasteiger partial charge in [0.25, 0.3) is 0 Å². The number of aryl methyl sites for hydroxylation is 2. The molecule has 0 N–H and O–H groups in total. The number of hydrogen-bond acceptors (Lipinski definition) is 4. The Morgan fingerprint density at radius 2 is 1.55 bits per heavy atom. The zero-order chi connectivity index (χ0) is 26.6. The number of amides is 1. The molecule has 1 amide bonds. The summed E-state index contributed by atoms with van der Waals surface area (Å²) in [6.45, 7) is 8.28. The standard InChI is InChI=1S/C32H37N3O3/c1-5-33-22-29(27-11-7-9-13-31(27)33)28(24-18-25(37-3)20-26(19-24)38-4)21-32(36)35-16-14-34(15-17-35)30-12-8-6-10-23(30)2/h6-13,18-20,22,28H,5,14-17,21H2,1-4H3. The van der Waals surface area contributed by atoms with Crippen LogP contribution < -0.4 is 14.4 Å². The van der Waals surface area contributed by atoms with Gasteiger partial charge in [-0.25, -0.2) is 0 Å². The third-order valence-electron chi connectivity index (χ3n) is 7.78. The topological polar surface area (TPSA) is 46.9 Å². The number of anilines is 1. The van der Waals surface area contributed by atoms with E-state index in [2.05, 4.69) is 78.0 Å². The minimum atomic E-state index is -0.126. The van der Waals surface area contributed by atoms with Gasteiger partial charge in [-0.05, 0) is 54.8 Å². The Kier molecular flexibility index (Phi) is 7.59. The summed E-state index contributed by atoms with van der Waals surface area (Å²) in [6.07, 6.45) is 2.60. The Bertz CT molecular complexity index is 1400. The first-order valence-electron chi connectivity index (χ1n) is 13.4. The van der Waals surface area contributed by atoms with Gasteiger partial charge in [0.15, 0.2) is 0 Å². The van der Waals surface area contributed by atoms with Gasteiger partial charge in [-0.3, -0.25) is 4.79 Å². The van der Waals surface area contributed by atoms with Crippen molar-refractivity contribution in [3.05, 3.63) is 89.6 Å². The van der Waals surface area contributed by atoms with Gasteiger partial charge in [-0.2, -0.15) is 0 Å². The molecule has 2 heterocycles. The molecular weight excluding hydrogens is 474 g/mol. The maximum absolute atomic E-state index is 13.8. The zero-order valence-electron chi connectivity index (χ0n) is 22.8. The van der Waals surface area contributed by atoms with E-state index in [1.165, 1.54) is 22.2 Å². The maximum atomic E-state index is 13.8. The molecular formula is C32H37N3O3. The molecule has 0 radical (unpaired) electrons. The molecule has 6 nitrogen and oxygen atoms in total. The first kappa shape index (κ1) is 25.7. The average Bonchev–Trinajstić information content (AvgIpc) is 3.34. The normalized spacial score (nSPS) is 14.5. The number of ether oxygens (including phenoxy) is 2. The molecule has 1 aliphatic rings. The van der Waals surface area contributed by atoms with E-state index >= 15 is 0 Å². The number of carbonyl (C=O) groups is 1. The number of nitrogens with zero attached hydrogens (tertiary/aromatic N) is 3. The molecule has 3 aromatic carbocycles. The van der Waals surface area contributed by atoms with Gasteiger partial charge in [0, 0.05) is 73.9 Å². The van der Waals surface area contributed by atoms with Crippen LogP contribution in [0.5, 0.6) is 11.5 Å². The third-order valence-corrected chi connectivity index (χ3v) is 7.78. The Balaban J connectivity index is 1.45. The van der Waals surface area contributed by atoms with Crippen LogP contribution in [0.25, 0.3) is 10.9 Å². The van der Waals surface area contributed by atoms with Crippen molar-refractivity contribution in [3.63, 3.8) is 0 Å². The van der Waals surface area contributed by atoms with E-state index in [4.69, 9.17) is 9.47 Å². The van der Waals surface area contributed by atoms with Crippen LogP contribution in [0.1, 0.15) is 36.0 Å². The number of rotatable bonds is 8. The lowest BCUT2D eigenvalue weighted by molar-refractivity contribution is -0.131. The van der Waals surface area contributed by atoms with Gasteiger partial charge in [-0.15, -0.1) is 0 Å². The van der Waals surface area contributed by atoms with Crippen LogP contribution in [0.3, 0.4) is 0 Å². The van der Waals surface area contributed by atoms with Crippen molar-refractivity contribution in [2.45, 2.75) is 32.7 Å². The molecule has 0 spiro atoms. The molecule has 0 aliphatic carbocycles. The molecule has 0 bridgehead atoms. The summed E-state index contributed by atoms with van der Waals surface area (Å²) < 4.78 is 13.5. The van der Waals surface area contributed by atoms with E-state index in [1.54, 1.807) is 14.2 Å². The smallest absolute Gasteiger partial charge is 0.223 e. The molecule has 1 unspecified atom stereocenters. The van der Waals surface area contributed by atoms with E-state index < -0.39 is 0 Å². The van der Waals surface area contributed by atoms with E-state index in [9.17, 15) is 4.79 Å². The summed E-state index contributed by atoms with van der Waals surface area (Å²) in [7, 11) is 3.32. The van der Waals surface area contributed by atoms with Crippen molar-refractivity contribution in [2.24, 2.45) is 0 Å². The van der Waals surface area contributed by atoms with Crippen molar-refractivity contribution < 1.29 is 14.3 Å². The van der Waals surface area contributed by atoms with Gasteiger partial charge >= 0.3 is 0 Å². The van der Waals surface area contributed by atoms with Crippen molar-refractivity contribution >= 4 is 22.5 Å². The molecule has 1 aromatic heterocycles. The highest BCUT2D eigenvalue weighted by Gasteiger charge is 2.28. The number of aromatic nitrogens is 1. The fourth-order valence-electron chi connectivity index (χ4n) is 5.67. The third kappa shape index (κ3) is 5.08. The Morgan fingerprint density at radius 3 is 2.21 bits per heavy atom. The fourth-order valence-corrected chi connectivity index (χ4v) is 5.67. The van der Waals surface area contributed by atoms with E-state index in [0.717, 1.165) is 55.3 Å². The van der Waals surface area contributed by atoms with E-state index in [0.29, 0.717) is 6.42 Å². The highest BCUT2D eigenvalue weighted by atomic mass is 16.5. The molecule has 4 aromatic rings. The van der Waals surface area contributed by atoms with Crippen molar-refractivity contribution in [1.29, 1.82) is 0 Å². The predicted octanol–water partition coefficient (Wildman–Crippen LogP) is 5.86. The molecule has 6 heteroatoms. The lowest BCUT2D eigenvalue weighted by atomic mass is 9.87. The van der Waals surface area contributed by atoms with Gasteiger partial charge in [0.2, 0.25) is 5.91 Å². The summed E-state index contributed by atoms with van der Waals surface area (Å²) in [6, 6.07) is 22.9. The Hall–Kier alpha value is -3.93. The first-order valence-corrected chi connectivity index (χ1v) is 13.4. The minimum Gasteiger partial charge on any atom is -0.497 e. The maximum Gasteiger partial charge on any atom is 0.223 e. The SMILES string of the molecule is CCn1cc(C(CC(=O)N2CCN(c3ccccc3C)CC2)c2cc(OC)cc(OC)c2)c2ccccc21. The number of benzene rings is 3. The molecule has 5 rings (SSSR count). The number of para-hydroxylation sites is 2. The van der Waals surface area contributed by atoms with Crippen LogP contribution in [0.2, 0.25) is 0 Å². The molecule has 198 valence electrons. The second-order valence-electron chi connectivity index (χ2n) is 9.94. The second kappa shape index (κ2) is 11.2. The van der Waals surface area contributed by atoms with Crippen LogP contribution in [0, 0.1) is 6.92 Å². The monoisotopic (exact) mass is 511 g/mol. The molecule has 1 aliphatic heterocycles. The van der Waals surface area contributed by atoms with Crippen LogP contribution >= 0.6 is 0 Å². The lowest BCUT2D eigenvalue weighted by Gasteiger charge is -2.37. The zero-order valence-corrected chi connectivity index (χ0v) is 22.8. The molecule has 0 saturated carbocycles. The van der Waals surface area contributed by atoms with Gasteiger partial charge in [0.05, 0.1) is 14.2 Å². The predicted molar refractivity (Wildman–Crippen MR) is 154 cm³/mol. The van der Waals surface area contributed by atoms with E-state index in [1.807, 2.05) is 23.1 Å². The van der Waals surface area contributed by atoms with Gasteiger partial charge < -0.3 is 23.8 Å². The van der Waals surface area contributed by atoms with Crippen LogP contribution in [-0.2, 0) is 11.3 Å². The summed E-state index contributed by atoms with van der Waals surface area (Å²) in [4.78, 5) is 18.2. The molecule has 1 atom stereocenters. The number of carbonyl (C=O) groups excluding carboxylic acids is 1. The van der Waals surface area contributed by atoms with Crippen LogP contribution in [0.15, 0.2) is 72.9 Å². The quantitative estimate of drug-likeness (QED) is 0.297.